The Labute approximate surface area is 115 Å². The Bertz CT molecular complexity index is 599. The molecule has 0 amide bonds. The van der Waals surface area contributed by atoms with E-state index in [1.54, 1.807) is 42.5 Å². The van der Waals surface area contributed by atoms with Gasteiger partial charge in [0, 0.05) is 11.1 Å². The van der Waals surface area contributed by atoms with E-state index >= 15 is 0 Å². The van der Waals surface area contributed by atoms with Crippen molar-refractivity contribution in [3.8, 4) is 11.5 Å². The summed E-state index contributed by atoms with van der Waals surface area (Å²) in [5.41, 5.74) is 5.96. The molecular formula is C13H10Cl2N2O. The monoisotopic (exact) mass is 280 g/mol. The maximum absolute atomic E-state index is 7.49. The average molecular weight is 281 g/mol. The van der Waals surface area contributed by atoms with E-state index in [4.69, 9.17) is 39.1 Å². The quantitative estimate of drug-likeness (QED) is 0.658. The number of nitrogens with two attached hydrogens (primary N) is 1. The SMILES string of the molecule is N=C(N)c1ccc(Cl)cc1Oc1ccccc1Cl. The summed E-state index contributed by atoms with van der Waals surface area (Å²) >= 11 is 11.9. The van der Waals surface area contributed by atoms with E-state index in [9.17, 15) is 0 Å². The van der Waals surface area contributed by atoms with Gasteiger partial charge in [0.25, 0.3) is 0 Å². The first-order valence-corrected chi connectivity index (χ1v) is 5.90. The minimum absolute atomic E-state index is 0.0891. The third-order valence-electron chi connectivity index (χ3n) is 2.29. The first kappa shape index (κ1) is 12.7. The van der Waals surface area contributed by atoms with E-state index in [1.165, 1.54) is 0 Å². The fourth-order valence-corrected chi connectivity index (χ4v) is 1.79. The number of rotatable bonds is 3. The van der Waals surface area contributed by atoms with Crippen molar-refractivity contribution < 1.29 is 4.74 Å². The summed E-state index contributed by atoms with van der Waals surface area (Å²) in [5.74, 6) is 0.806. The second-order valence-electron chi connectivity index (χ2n) is 3.59. The molecular weight excluding hydrogens is 271 g/mol. The summed E-state index contributed by atoms with van der Waals surface area (Å²) < 4.78 is 5.65. The lowest BCUT2D eigenvalue weighted by Crippen LogP contribution is -2.12. The number of amidine groups is 1. The second kappa shape index (κ2) is 5.29. The summed E-state index contributed by atoms with van der Waals surface area (Å²) in [6.07, 6.45) is 0. The number of nitrogen functional groups attached to an aromatic ring is 1. The second-order valence-corrected chi connectivity index (χ2v) is 4.43. The lowest BCUT2D eigenvalue weighted by atomic mass is 10.2. The Morgan fingerprint density at radius 1 is 1.06 bits per heavy atom. The van der Waals surface area contributed by atoms with Crippen LogP contribution in [-0.2, 0) is 0 Å². The lowest BCUT2D eigenvalue weighted by molar-refractivity contribution is 0.482. The van der Waals surface area contributed by atoms with Crippen LogP contribution in [-0.4, -0.2) is 5.84 Å². The van der Waals surface area contributed by atoms with E-state index in [0.29, 0.717) is 27.1 Å². The summed E-state index contributed by atoms with van der Waals surface area (Å²) in [7, 11) is 0. The molecule has 0 atom stereocenters. The van der Waals surface area contributed by atoms with Crippen molar-refractivity contribution in [1.82, 2.24) is 0 Å². The molecule has 0 aromatic heterocycles. The van der Waals surface area contributed by atoms with Gasteiger partial charge in [-0.05, 0) is 24.3 Å². The largest absolute Gasteiger partial charge is 0.455 e. The summed E-state index contributed by atoms with van der Waals surface area (Å²) in [6.45, 7) is 0. The van der Waals surface area contributed by atoms with Crippen LogP contribution in [0.4, 0.5) is 0 Å². The van der Waals surface area contributed by atoms with E-state index in [1.807, 2.05) is 0 Å². The van der Waals surface area contributed by atoms with E-state index in [2.05, 4.69) is 0 Å². The van der Waals surface area contributed by atoms with Gasteiger partial charge in [-0.3, -0.25) is 5.41 Å². The first-order chi connectivity index (χ1) is 8.58. The third kappa shape index (κ3) is 2.75. The first-order valence-electron chi connectivity index (χ1n) is 5.14. The van der Waals surface area contributed by atoms with Gasteiger partial charge in [-0.1, -0.05) is 35.3 Å². The Morgan fingerprint density at radius 2 is 1.78 bits per heavy atom. The van der Waals surface area contributed by atoms with E-state index < -0.39 is 0 Å². The summed E-state index contributed by atoms with van der Waals surface area (Å²) in [4.78, 5) is 0. The maximum atomic E-state index is 7.49. The predicted molar refractivity (Wildman–Crippen MR) is 74.0 cm³/mol. The third-order valence-corrected chi connectivity index (χ3v) is 2.84. The molecule has 0 fully saturated rings. The van der Waals surface area contributed by atoms with E-state index in [-0.39, 0.29) is 5.84 Å². The number of benzene rings is 2. The van der Waals surface area contributed by atoms with Crippen molar-refractivity contribution in [2.24, 2.45) is 5.73 Å². The maximum Gasteiger partial charge on any atom is 0.146 e. The van der Waals surface area contributed by atoms with Gasteiger partial charge in [0.1, 0.15) is 17.3 Å². The van der Waals surface area contributed by atoms with Crippen molar-refractivity contribution in [3.05, 3.63) is 58.1 Å². The smallest absolute Gasteiger partial charge is 0.146 e. The molecule has 0 aliphatic heterocycles. The molecule has 0 saturated carbocycles. The highest BCUT2D eigenvalue weighted by molar-refractivity contribution is 6.32. The summed E-state index contributed by atoms with van der Waals surface area (Å²) in [5, 5.41) is 8.47. The molecule has 2 aromatic carbocycles. The minimum atomic E-state index is -0.0891. The highest BCUT2D eigenvalue weighted by Crippen LogP contribution is 2.32. The van der Waals surface area contributed by atoms with Gasteiger partial charge < -0.3 is 10.5 Å². The minimum Gasteiger partial charge on any atom is -0.455 e. The van der Waals surface area contributed by atoms with Crippen molar-refractivity contribution >= 4 is 29.0 Å². The number of hydrogen-bond acceptors (Lipinski definition) is 2. The topological polar surface area (TPSA) is 59.1 Å². The number of ether oxygens (including phenoxy) is 1. The molecule has 0 spiro atoms. The van der Waals surface area contributed by atoms with Crippen LogP contribution in [0.25, 0.3) is 0 Å². The number of halogens is 2. The Balaban J connectivity index is 2.42. The van der Waals surface area contributed by atoms with Crippen LogP contribution >= 0.6 is 23.2 Å². The average Bonchev–Trinajstić information content (AvgIpc) is 2.32. The molecule has 5 heteroatoms. The Hall–Kier alpha value is -1.71. The van der Waals surface area contributed by atoms with Gasteiger partial charge >= 0.3 is 0 Å². The number of nitrogens with one attached hydrogen (secondary N) is 1. The van der Waals surface area contributed by atoms with Crippen LogP contribution in [0.15, 0.2) is 42.5 Å². The van der Waals surface area contributed by atoms with Gasteiger partial charge in [0.05, 0.1) is 10.6 Å². The Morgan fingerprint density at radius 3 is 2.44 bits per heavy atom. The van der Waals surface area contributed by atoms with Gasteiger partial charge in [0.2, 0.25) is 0 Å². The highest BCUT2D eigenvalue weighted by atomic mass is 35.5. The molecule has 0 heterocycles. The van der Waals surface area contributed by atoms with Crippen molar-refractivity contribution in [1.29, 1.82) is 5.41 Å². The molecule has 2 aromatic rings. The molecule has 92 valence electrons. The van der Waals surface area contributed by atoms with Gasteiger partial charge in [-0.15, -0.1) is 0 Å². The van der Waals surface area contributed by atoms with Crippen molar-refractivity contribution in [2.75, 3.05) is 0 Å². The van der Waals surface area contributed by atoms with Crippen LogP contribution in [0.3, 0.4) is 0 Å². The molecule has 0 radical (unpaired) electrons. The Kier molecular flexibility index (Phi) is 3.75. The molecule has 0 aliphatic rings. The highest BCUT2D eigenvalue weighted by Gasteiger charge is 2.10. The lowest BCUT2D eigenvalue weighted by Gasteiger charge is -2.11. The molecule has 0 saturated heterocycles. The van der Waals surface area contributed by atoms with Crippen LogP contribution < -0.4 is 10.5 Å². The molecule has 0 unspecified atom stereocenters. The van der Waals surface area contributed by atoms with Crippen molar-refractivity contribution in [3.63, 3.8) is 0 Å². The zero-order valence-corrected chi connectivity index (χ0v) is 10.8. The number of para-hydroxylation sites is 1. The van der Waals surface area contributed by atoms with Gasteiger partial charge in [0.15, 0.2) is 0 Å². The van der Waals surface area contributed by atoms with Crippen LogP contribution in [0.2, 0.25) is 10.0 Å². The molecule has 3 nitrogen and oxygen atoms in total. The number of hydrogen-bond donors (Lipinski definition) is 2. The standard InChI is InChI=1S/C13H10Cl2N2O/c14-8-5-6-9(13(16)17)12(7-8)18-11-4-2-1-3-10(11)15/h1-7H,(H3,16,17). The van der Waals surface area contributed by atoms with Gasteiger partial charge in [-0.2, -0.15) is 0 Å². The zero-order chi connectivity index (χ0) is 13.1. The molecule has 2 rings (SSSR count). The fraction of sp³-hybridized carbons (Fsp3) is 0. The normalized spacial score (nSPS) is 10.1. The van der Waals surface area contributed by atoms with Crippen LogP contribution in [0, 0.1) is 5.41 Å². The predicted octanol–water partition coefficient (Wildman–Crippen LogP) is 4.07. The van der Waals surface area contributed by atoms with Gasteiger partial charge in [-0.25, -0.2) is 0 Å². The molecule has 3 N–H and O–H groups in total. The van der Waals surface area contributed by atoms with Crippen LogP contribution in [0.5, 0.6) is 11.5 Å². The molecule has 0 aliphatic carbocycles. The molecule has 0 bridgehead atoms. The van der Waals surface area contributed by atoms with Crippen LogP contribution in [0.1, 0.15) is 5.56 Å². The van der Waals surface area contributed by atoms with E-state index in [0.717, 1.165) is 0 Å². The summed E-state index contributed by atoms with van der Waals surface area (Å²) in [6, 6.07) is 11.9. The zero-order valence-electron chi connectivity index (χ0n) is 9.28. The van der Waals surface area contributed by atoms with Crippen molar-refractivity contribution in [2.45, 2.75) is 0 Å². The fourth-order valence-electron chi connectivity index (χ4n) is 1.45. The molecule has 18 heavy (non-hydrogen) atoms.